The maximum atomic E-state index is 11.3. The van der Waals surface area contributed by atoms with Gasteiger partial charge in [-0.1, -0.05) is 56.2 Å². The van der Waals surface area contributed by atoms with Crippen LogP contribution in [-0.4, -0.2) is 12.1 Å². The van der Waals surface area contributed by atoms with E-state index in [4.69, 9.17) is 0 Å². The van der Waals surface area contributed by atoms with E-state index in [2.05, 4.69) is 17.5 Å². The van der Waals surface area contributed by atoms with Crippen molar-refractivity contribution >= 4 is 18.2 Å². The molecule has 0 aromatic heterocycles. The molecule has 0 heterocycles. The van der Waals surface area contributed by atoms with Gasteiger partial charge in [0, 0.05) is 12.6 Å². The molecule has 1 N–H and O–H groups in total. The van der Waals surface area contributed by atoms with E-state index in [0.29, 0.717) is 6.42 Å². The lowest BCUT2D eigenvalue weighted by Gasteiger charge is -1.97. The summed E-state index contributed by atoms with van der Waals surface area (Å²) in [5.74, 6) is -0.0205. The van der Waals surface area contributed by atoms with Crippen molar-refractivity contribution in [3.63, 3.8) is 0 Å². The molecular weight excluding hydrogens is 224 g/mol. The van der Waals surface area contributed by atoms with Crippen LogP contribution < -0.4 is 5.43 Å². The van der Waals surface area contributed by atoms with Crippen LogP contribution in [-0.2, 0) is 4.79 Å². The topological polar surface area (TPSA) is 41.5 Å². The van der Waals surface area contributed by atoms with Crippen LogP contribution in [0.1, 0.15) is 38.2 Å². The van der Waals surface area contributed by atoms with Crippen LogP contribution in [0.5, 0.6) is 0 Å². The van der Waals surface area contributed by atoms with Crippen molar-refractivity contribution in [1.82, 2.24) is 5.43 Å². The highest BCUT2D eigenvalue weighted by Crippen LogP contribution is 2.00. The van der Waals surface area contributed by atoms with E-state index in [0.717, 1.165) is 24.8 Å². The summed E-state index contributed by atoms with van der Waals surface area (Å²) in [6, 6.07) is 9.95. The molecule has 0 spiro atoms. The fourth-order valence-electron chi connectivity index (χ4n) is 1.46. The lowest BCUT2D eigenvalue weighted by atomic mass is 10.2. The Hall–Kier alpha value is -1.90. The number of hydrazone groups is 1. The van der Waals surface area contributed by atoms with Gasteiger partial charge >= 0.3 is 0 Å². The Kier molecular flexibility index (Phi) is 7.21. The molecule has 0 aliphatic carbocycles. The van der Waals surface area contributed by atoms with Gasteiger partial charge in [-0.05, 0) is 18.1 Å². The maximum Gasteiger partial charge on any atom is 0.240 e. The van der Waals surface area contributed by atoms with Crippen molar-refractivity contribution in [1.29, 1.82) is 0 Å². The lowest BCUT2D eigenvalue weighted by Crippen LogP contribution is -2.16. The minimum atomic E-state index is -0.0205. The zero-order valence-electron chi connectivity index (χ0n) is 10.8. The second-order valence-electron chi connectivity index (χ2n) is 4.04. The number of hydrogen-bond acceptors (Lipinski definition) is 2. The van der Waals surface area contributed by atoms with Gasteiger partial charge in [0.25, 0.3) is 0 Å². The molecule has 0 bridgehead atoms. The Morgan fingerprint density at radius 3 is 2.78 bits per heavy atom. The molecule has 0 saturated carbocycles. The number of nitrogens with zero attached hydrogens (tertiary/aromatic N) is 1. The van der Waals surface area contributed by atoms with Gasteiger partial charge in [-0.15, -0.1) is 0 Å². The first-order valence-electron chi connectivity index (χ1n) is 6.36. The highest BCUT2D eigenvalue weighted by molar-refractivity contribution is 5.81. The number of rotatable bonds is 7. The average Bonchev–Trinajstić information content (AvgIpc) is 2.40. The first-order valence-corrected chi connectivity index (χ1v) is 6.36. The van der Waals surface area contributed by atoms with Crippen molar-refractivity contribution in [2.45, 2.75) is 32.6 Å². The van der Waals surface area contributed by atoms with Crippen molar-refractivity contribution in [2.24, 2.45) is 5.10 Å². The van der Waals surface area contributed by atoms with Gasteiger partial charge in [-0.2, -0.15) is 5.10 Å². The average molecular weight is 244 g/mol. The van der Waals surface area contributed by atoms with Crippen LogP contribution in [0.25, 0.3) is 6.08 Å². The molecule has 18 heavy (non-hydrogen) atoms. The van der Waals surface area contributed by atoms with E-state index >= 15 is 0 Å². The number of unbranched alkanes of at least 4 members (excludes halogenated alkanes) is 2. The van der Waals surface area contributed by atoms with E-state index in [1.54, 1.807) is 6.21 Å². The first kappa shape index (κ1) is 14.2. The number of allylic oxidation sites excluding steroid dienone is 1. The Bertz CT molecular complexity index is 396. The molecule has 96 valence electrons. The third-order valence-corrected chi connectivity index (χ3v) is 2.45. The summed E-state index contributed by atoms with van der Waals surface area (Å²) in [6.07, 6.45) is 9.02. The van der Waals surface area contributed by atoms with E-state index < -0.39 is 0 Å². The molecule has 1 aromatic carbocycles. The summed E-state index contributed by atoms with van der Waals surface area (Å²) >= 11 is 0. The Labute approximate surface area is 109 Å². The van der Waals surface area contributed by atoms with Gasteiger partial charge in [0.15, 0.2) is 0 Å². The van der Waals surface area contributed by atoms with Crippen molar-refractivity contribution in [2.75, 3.05) is 0 Å². The number of amides is 1. The van der Waals surface area contributed by atoms with Gasteiger partial charge in [0.2, 0.25) is 5.91 Å². The SMILES string of the molecule is CCCCCC(=O)NN=CC=Cc1ccccc1. The number of nitrogens with one attached hydrogen (secondary N) is 1. The van der Waals surface area contributed by atoms with Gasteiger partial charge in [0.1, 0.15) is 0 Å². The smallest absolute Gasteiger partial charge is 0.240 e. The zero-order chi connectivity index (χ0) is 13.1. The van der Waals surface area contributed by atoms with Gasteiger partial charge in [-0.25, -0.2) is 5.43 Å². The zero-order valence-corrected chi connectivity index (χ0v) is 10.8. The summed E-state index contributed by atoms with van der Waals surface area (Å²) < 4.78 is 0. The fourth-order valence-corrected chi connectivity index (χ4v) is 1.46. The molecule has 0 unspecified atom stereocenters. The van der Waals surface area contributed by atoms with Crippen molar-refractivity contribution in [3.05, 3.63) is 42.0 Å². The molecule has 1 aromatic rings. The van der Waals surface area contributed by atoms with Crippen molar-refractivity contribution < 1.29 is 4.79 Å². The maximum absolute atomic E-state index is 11.3. The molecule has 0 saturated heterocycles. The Balaban J connectivity index is 2.21. The minimum Gasteiger partial charge on any atom is -0.273 e. The summed E-state index contributed by atoms with van der Waals surface area (Å²) in [4.78, 5) is 11.3. The molecule has 1 rings (SSSR count). The number of carbonyl (C=O) groups excluding carboxylic acids is 1. The Morgan fingerprint density at radius 1 is 1.28 bits per heavy atom. The van der Waals surface area contributed by atoms with Gasteiger partial charge in [0.05, 0.1) is 0 Å². The third-order valence-electron chi connectivity index (χ3n) is 2.45. The monoisotopic (exact) mass is 244 g/mol. The predicted octanol–water partition coefficient (Wildman–Crippen LogP) is 3.38. The van der Waals surface area contributed by atoms with Crippen LogP contribution in [0.3, 0.4) is 0 Å². The molecule has 0 atom stereocenters. The second kappa shape index (κ2) is 9.16. The molecular formula is C15H20N2O. The Morgan fingerprint density at radius 2 is 2.06 bits per heavy atom. The lowest BCUT2D eigenvalue weighted by molar-refractivity contribution is -0.121. The fraction of sp³-hybridized carbons (Fsp3) is 0.333. The van der Waals surface area contributed by atoms with Crippen LogP contribution in [0, 0.1) is 0 Å². The van der Waals surface area contributed by atoms with E-state index in [9.17, 15) is 4.79 Å². The molecule has 3 nitrogen and oxygen atoms in total. The van der Waals surface area contributed by atoms with E-state index in [-0.39, 0.29) is 5.91 Å². The summed E-state index contributed by atoms with van der Waals surface area (Å²) in [7, 11) is 0. The van der Waals surface area contributed by atoms with Crippen LogP contribution in [0.15, 0.2) is 41.5 Å². The van der Waals surface area contributed by atoms with Crippen LogP contribution >= 0.6 is 0 Å². The molecule has 0 aliphatic rings. The first-order chi connectivity index (χ1) is 8.83. The minimum absolute atomic E-state index is 0.0205. The van der Waals surface area contributed by atoms with Gasteiger partial charge in [-0.3, -0.25) is 4.79 Å². The predicted molar refractivity (Wildman–Crippen MR) is 76.3 cm³/mol. The highest BCUT2D eigenvalue weighted by Gasteiger charge is 1.96. The molecule has 0 aliphatic heterocycles. The largest absolute Gasteiger partial charge is 0.273 e. The van der Waals surface area contributed by atoms with E-state index in [1.807, 2.05) is 42.5 Å². The summed E-state index contributed by atoms with van der Waals surface area (Å²) in [5.41, 5.74) is 3.62. The number of carbonyl (C=O) groups is 1. The summed E-state index contributed by atoms with van der Waals surface area (Å²) in [5, 5.41) is 3.85. The molecule has 3 heteroatoms. The van der Waals surface area contributed by atoms with E-state index in [1.165, 1.54) is 0 Å². The third kappa shape index (κ3) is 6.63. The molecule has 0 radical (unpaired) electrons. The van der Waals surface area contributed by atoms with Crippen molar-refractivity contribution in [3.8, 4) is 0 Å². The van der Waals surface area contributed by atoms with Crippen LogP contribution in [0.2, 0.25) is 0 Å². The molecule has 1 amide bonds. The van der Waals surface area contributed by atoms with Gasteiger partial charge < -0.3 is 0 Å². The quantitative estimate of drug-likeness (QED) is 0.446. The second-order valence-corrected chi connectivity index (χ2v) is 4.04. The normalized spacial score (nSPS) is 11.2. The number of benzene rings is 1. The highest BCUT2D eigenvalue weighted by atomic mass is 16.2. The molecule has 0 fully saturated rings. The van der Waals surface area contributed by atoms with Crippen LogP contribution in [0.4, 0.5) is 0 Å². The standard InChI is InChI=1S/C15H20N2O/c1-2-3-5-12-15(18)17-16-13-8-11-14-9-6-4-7-10-14/h4,6-11,13H,2-3,5,12H2,1H3,(H,17,18). The summed E-state index contributed by atoms with van der Waals surface area (Å²) in [6.45, 7) is 2.12. The number of hydrogen-bond donors (Lipinski definition) is 1.